The van der Waals surface area contributed by atoms with Crippen molar-refractivity contribution in [2.75, 3.05) is 10.6 Å². The second kappa shape index (κ2) is 7.32. The van der Waals surface area contributed by atoms with Crippen LogP contribution in [0.25, 0.3) is 0 Å². The van der Waals surface area contributed by atoms with E-state index in [-0.39, 0.29) is 5.91 Å². The quantitative estimate of drug-likeness (QED) is 0.604. The van der Waals surface area contributed by atoms with Crippen LogP contribution in [-0.4, -0.2) is 5.91 Å². The third-order valence-corrected chi connectivity index (χ3v) is 4.14. The van der Waals surface area contributed by atoms with Crippen LogP contribution in [0.15, 0.2) is 77.3 Å². The van der Waals surface area contributed by atoms with E-state index in [2.05, 4.69) is 33.5 Å². The monoisotopic (exact) mass is 380 g/mol. The average molecular weight is 381 g/mol. The number of hydrogen-bond donors (Lipinski definition) is 2. The van der Waals surface area contributed by atoms with Gasteiger partial charge in [0.05, 0.1) is 11.4 Å². The molecule has 0 bridgehead atoms. The van der Waals surface area contributed by atoms with E-state index in [1.807, 2.05) is 60.7 Å². The van der Waals surface area contributed by atoms with E-state index in [1.54, 1.807) is 12.1 Å². The van der Waals surface area contributed by atoms with Gasteiger partial charge >= 0.3 is 0 Å². The average Bonchev–Trinajstić information content (AvgIpc) is 2.59. The molecule has 0 aliphatic carbocycles. The van der Waals surface area contributed by atoms with Crippen LogP contribution >= 0.6 is 15.9 Å². The minimum atomic E-state index is -0.138. The van der Waals surface area contributed by atoms with Crippen molar-refractivity contribution < 1.29 is 4.79 Å². The van der Waals surface area contributed by atoms with Gasteiger partial charge in [-0.15, -0.1) is 0 Å². The predicted octanol–water partition coefficient (Wildman–Crippen LogP) is 5.75. The molecule has 0 spiro atoms. The lowest BCUT2D eigenvalue weighted by Crippen LogP contribution is -2.12. The fraction of sp³-hybridized carbons (Fsp3) is 0.0500. The molecule has 3 nitrogen and oxygen atoms in total. The van der Waals surface area contributed by atoms with E-state index >= 15 is 0 Å². The van der Waals surface area contributed by atoms with E-state index in [9.17, 15) is 4.79 Å². The Balaban J connectivity index is 1.79. The van der Waals surface area contributed by atoms with Gasteiger partial charge in [0.2, 0.25) is 0 Å². The summed E-state index contributed by atoms with van der Waals surface area (Å²) in [7, 11) is 0. The Hall–Kier alpha value is -2.59. The number of para-hydroxylation sites is 2. The fourth-order valence-electron chi connectivity index (χ4n) is 2.29. The number of anilines is 3. The van der Waals surface area contributed by atoms with Gasteiger partial charge < -0.3 is 10.6 Å². The van der Waals surface area contributed by atoms with Crippen molar-refractivity contribution in [3.05, 3.63) is 88.4 Å². The normalized spacial score (nSPS) is 10.2. The second-order valence-electron chi connectivity index (χ2n) is 5.50. The summed E-state index contributed by atoms with van der Waals surface area (Å²) in [6, 6.07) is 23.1. The Morgan fingerprint density at radius 1 is 0.833 bits per heavy atom. The number of amides is 1. The Bertz CT molecular complexity index is 842. The highest BCUT2D eigenvalue weighted by molar-refractivity contribution is 9.10. The van der Waals surface area contributed by atoms with Gasteiger partial charge in [-0.1, -0.05) is 45.8 Å². The molecular formula is C20H17BrN2O. The highest BCUT2D eigenvalue weighted by atomic mass is 79.9. The highest BCUT2D eigenvalue weighted by Crippen LogP contribution is 2.26. The van der Waals surface area contributed by atoms with Crippen LogP contribution in [0.2, 0.25) is 0 Å². The lowest BCUT2D eigenvalue weighted by molar-refractivity contribution is 0.102. The summed E-state index contributed by atoms with van der Waals surface area (Å²) in [5, 5.41) is 6.30. The minimum absolute atomic E-state index is 0.138. The molecule has 0 saturated carbocycles. The van der Waals surface area contributed by atoms with Crippen molar-refractivity contribution in [1.82, 2.24) is 0 Å². The molecule has 0 aliphatic heterocycles. The first-order valence-corrected chi connectivity index (χ1v) is 8.41. The molecule has 0 aromatic heterocycles. The zero-order valence-electron chi connectivity index (χ0n) is 13.2. The van der Waals surface area contributed by atoms with Crippen LogP contribution in [0.4, 0.5) is 17.1 Å². The molecule has 0 fully saturated rings. The standard InChI is InChI=1S/C20H17BrN2O/c1-14-6-12-17(13-7-14)22-18-4-2-3-5-19(18)23-20(24)15-8-10-16(21)11-9-15/h2-13,22H,1H3,(H,23,24). The summed E-state index contributed by atoms with van der Waals surface area (Å²) in [6.45, 7) is 2.05. The first kappa shape index (κ1) is 16.3. The van der Waals surface area contributed by atoms with Crippen molar-refractivity contribution >= 4 is 38.9 Å². The van der Waals surface area contributed by atoms with Crippen LogP contribution in [0.3, 0.4) is 0 Å². The van der Waals surface area contributed by atoms with Crippen LogP contribution < -0.4 is 10.6 Å². The molecule has 0 atom stereocenters. The summed E-state index contributed by atoms with van der Waals surface area (Å²) in [4.78, 5) is 12.4. The molecule has 4 heteroatoms. The molecule has 0 radical (unpaired) electrons. The summed E-state index contributed by atoms with van der Waals surface area (Å²) in [5.74, 6) is -0.138. The molecule has 2 N–H and O–H groups in total. The number of carbonyl (C=O) groups excluding carboxylic acids is 1. The molecule has 0 aliphatic rings. The Labute approximate surface area is 149 Å². The number of carbonyl (C=O) groups is 1. The molecule has 120 valence electrons. The lowest BCUT2D eigenvalue weighted by atomic mass is 10.2. The van der Waals surface area contributed by atoms with Crippen LogP contribution in [0.5, 0.6) is 0 Å². The number of nitrogens with one attached hydrogen (secondary N) is 2. The molecule has 0 heterocycles. The second-order valence-corrected chi connectivity index (χ2v) is 6.41. The summed E-state index contributed by atoms with van der Waals surface area (Å²) in [5.41, 5.74) is 4.39. The SMILES string of the molecule is Cc1ccc(Nc2ccccc2NC(=O)c2ccc(Br)cc2)cc1. The molecule has 3 aromatic carbocycles. The first-order valence-electron chi connectivity index (χ1n) is 7.61. The number of benzene rings is 3. The third-order valence-electron chi connectivity index (χ3n) is 3.61. The van der Waals surface area contributed by atoms with Gasteiger partial charge in [0.25, 0.3) is 5.91 Å². The lowest BCUT2D eigenvalue weighted by Gasteiger charge is -2.13. The van der Waals surface area contributed by atoms with Crippen molar-refractivity contribution in [2.45, 2.75) is 6.92 Å². The molecule has 0 unspecified atom stereocenters. The first-order chi connectivity index (χ1) is 11.6. The maximum Gasteiger partial charge on any atom is 0.255 e. The molecule has 3 aromatic rings. The van der Waals surface area contributed by atoms with Crippen molar-refractivity contribution in [3.63, 3.8) is 0 Å². The smallest absolute Gasteiger partial charge is 0.255 e. The zero-order chi connectivity index (χ0) is 16.9. The molecular weight excluding hydrogens is 364 g/mol. The molecule has 0 saturated heterocycles. The summed E-state index contributed by atoms with van der Waals surface area (Å²) < 4.78 is 0.945. The van der Waals surface area contributed by atoms with Crippen LogP contribution in [0, 0.1) is 6.92 Å². The Kier molecular flexibility index (Phi) is 4.96. The van der Waals surface area contributed by atoms with E-state index in [0.717, 1.165) is 21.5 Å². The van der Waals surface area contributed by atoms with E-state index in [1.165, 1.54) is 5.56 Å². The summed E-state index contributed by atoms with van der Waals surface area (Å²) >= 11 is 3.37. The van der Waals surface area contributed by atoms with E-state index in [0.29, 0.717) is 5.56 Å². The van der Waals surface area contributed by atoms with Gasteiger partial charge in [-0.2, -0.15) is 0 Å². The summed E-state index contributed by atoms with van der Waals surface area (Å²) in [6.07, 6.45) is 0. The largest absolute Gasteiger partial charge is 0.354 e. The number of halogens is 1. The van der Waals surface area contributed by atoms with Crippen molar-refractivity contribution in [2.24, 2.45) is 0 Å². The predicted molar refractivity (Wildman–Crippen MR) is 103 cm³/mol. The Morgan fingerprint density at radius 3 is 2.12 bits per heavy atom. The van der Waals surface area contributed by atoms with Gasteiger partial charge in [-0.05, 0) is 55.5 Å². The number of hydrogen-bond acceptors (Lipinski definition) is 2. The molecule has 24 heavy (non-hydrogen) atoms. The van der Waals surface area contributed by atoms with Gasteiger partial charge in [0.1, 0.15) is 0 Å². The molecule has 3 rings (SSSR count). The number of aryl methyl sites for hydroxylation is 1. The van der Waals surface area contributed by atoms with E-state index < -0.39 is 0 Å². The van der Waals surface area contributed by atoms with E-state index in [4.69, 9.17) is 0 Å². The minimum Gasteiger partial charge on any atom is -0.354 e. The van der Waals surface area contributed by atoms with Crippen LogP contribution in [0.1, 0.15) is 15.9 Å². The van der Waals surface area contributed by atoms with Gasteiger partial charge in [0, 0.05) is 15.7 Å². The van der Waals surface area contributed by atoms with Gasteiger partial charge in [-0.3, -0.25) is 4.79 Å². The molecule has 1 amide bonds. The zero-order valence-corrected chi connectivity index (χ0v) is 14.8. The maximum atomic E-state index is 12.4. The van der Waals surface area contributed by atoms with Gasteiger partial charge in [-0.25, -0.2) is 0 Å². The topological polar surface area (TPSA) is 41.1 Å². The van der Waals surface area contributed by atoms with Crippen molar-refractivity contribution in [3.8, 4) is 0 Å². The van der Waals surface area contributed by atoms with Gasteiger partial charge in [0.15, 0.2) is 0 Å². The third kappa shape index (κ3) is 4.03. The number of rotatable bonds is 4. The maximum absolute atomic E-state index is 12.4. The highest BCUT2D eigenvalue weighted by Gasteiger charge is 2.09. The Morgan fingerprint density at radius 2 is 1.46 bits per heavy atom. The van der Waals surface area contributed by atoms with Crippen molar-refractivity contribution in [1.29, 1.82) is 0 Å². The fourth-order valence-corrected chi connectivity index (χ4v) is 2.55. The van der Waals surface area contributed by atoms with Crippen LogP contribution in [-0.2, 0) is 0 Å².